The second kappa shape index (κ2) is 7.03. The van der Waals surface area contributed by atoms with Gasteiger partial charge in [0.2, 0.25) is 0 Å². The number of fused-ring (bicyclic) bond motifs is 1. The number of carbonyl (C=O) groups is 1. The lowest BCUT2D eigenvalue weighted by Gasteiger charge is -2.41. The van der Waals surface area contributed by atoms with Crippen molar-refractivity contribution in [2.45, 2.75) is 46.2 Å². The van der Waals surface area contributed by atoms with Gasteiger partial charge in [0.15, 0.2) is 0 Å². The Bertz CT molecular complexity index is 709. The van der Waals surface area contributed by atoms with Crippen LogP contribution in [0.15, 0.2) is 30.5 Å². The van der Waals surface area contributed by atoms with Crippen LogP contribution in [0.2, 0.25) is 0 Å². The topological polar surface area (TPSA) is 78.4 Å². The van der Waals surface area contributed by atoms with Gasteiger partial charge >= 0.3 is 6.09 Å². The normalized spacial score (nSPS) is 13.1. The number of hydrogen-bond donors (Lipinski definition) is 2. The molecule has 0 bridgehead atoms. The van der Waals surface area contributed by atoms with Crippen molar-refractivity contribution in [3.8, 4) is 0 Å². The van der Waals surface area contributed by atoms with Crippen LogP contribution in [0.3, 0.4) is 0 Å². The second-order valence-corrected chi connectivity index (χ2v) is 7.26. The molecule has 0 spiro atoms. The number of hydrogen-bond acceptors (Lipinski definition) is 4. The minimum atomic E-state index is -0.910. The van der Waals surface area contributed by atoms with Crippen molar-refractivity contribution in [2.75, 3.05) is 11.9 Å². The predicted molar refractivity (Wildman–Crippen MR) is 96.3 cm³/mol. The van der Waals surface area contributed by atoms with Crippen molar-refractivity contribution in [2.24, 2.45) is 5.92 Å². The van der Waals surface area contributed by atoms with Crippen molar-refractivity contribution >= 4 is 22.9 Å². The highest BCUT2D eigenvalue weighted by Gasteiger charge is 2.34. The van der Waals surface area contributed by atoms with Crippen molar-refractivity contribution in [3.05, 3.63) is 30.5 Å². The number of benzene rings is 1. The lowest BCUT2D eigenvalue weighted by atomic mass is 9.96. The van der Waals surface area contributed by atoms with Gasteiger partial charge in [0, 0.05) is 12.1 Å². The van der Waals surface area contributed by atoms with E-state index in [0.29, 0.717) is 12.4 Å². The number of aromatic nitrogens is 2. The van der Waals surface area contributed by atoms with Crippen LogP contribution in [0, 0.1) is 5.92 Å². The minimum Gasteiger partial charge on any atom is -0.465 e. The Balaban J connectivity index is 2.19. The van der Waals surface area contributed by atoms with Crippen molar-refractivity contribution in [1.29, 1.82) is 0 Å². The third-order valence-electron chi connectivity index (χ3n) is 3.97. The first-order valence-electron chi connectivity index (χ1n) is 8.18. The molecule has 130 valence electrons. The molecule has 2 N–H and O–H groups in total. The quantitative estimate of drug-likeness (QED) is 0.870. The zero-order chi connectivity index (χ0) is 17.9. The van der Waals surface area contributed by atoms with Gasteiger partial charge in [-0.05, 0) is 38.8 Å². The molecule has 1 unspecified atom stereocenters. The first-order chi connectivity index (χ1) is 11.2. The van der Waals surface area contributed by atoms with Crippen LogP contribution in [-0.2, 0) is 0 Å². The second-order valence-electron chi connectivity index (χ2n) is 7.26. The van der Waals surface area contributed by atoms with Gasteiger partial charge in [0.25, 0.3) is 0 Å². The van der Waals surface area contributed by atoms with E-state index in [0.717, 1.165) is 11.0 Å². The SMILES string of the molecule is CC(C)C(CNc1cnc2ccccc2n1)N(C(=O)O)C(C)(C)C. The molecule has 1 aromatic heterocycles. The number of amides is 1. The maximum atomic E-state index is 11.7. The Morgan fingerprint density at radius 3 is 2.42 bits per heavy atom. The third kappa shape index (κ3) is 4.13. The van der Waals surface area contributed by atoms with Gasteiger partial charge < -0.3 is 10.4 Å². The van der Waals surface area contributed by atoms with Crippen LogP contribution in [-0.4, -0.2) is 44.2 Å². The summed E-state index contributed by atoms with van der Waals surface area (Å²) in [6.45, 7) is 10.3. The van der Waals surface area contributed by atoms with E-state index >= 15 is 0 Å². The molecular formula is C18H26N4O2. The summed E-state index contributed by atoms with van der Waals surface area (Å²) in [5, 5.41) is 12.9. The molecule has 0 fully saturated rings. The molecule has 0 saturated carbocycles. The summed E-state index contributed by atoms with van der Waals surface area (Å²) >= 11 is 0. The van der Waals surface area contributed by atoms with E-state index in [1.807, 2.05) is 58.9 Å². The highest BCUT2D eigenvalue weighted by molar-refractivity contribution is 5.75. The fraction of sp³-hybridized carbons (Fsp3) is 0.500. The number of nitrogens with zero attached hydrogens (tertiary/aromatic N) is 3. The summed E-state index contributed by atoms with van der Waals surface area (Å²) in [4.78, 5) is 22.2. The lowest BCUT2D eigenvalue weighted by Crippen LogP contribution is -2.55. The van der Waals surface area contributed by atoms with Gasteiger partial charge in [0.05, 0.1) is 23.3 Å². The Hall–Kier alpha value is -2.37. The van der Waals surface area contributed by atoms with E-state index < -0.39 is 11.6 Å². The fourth-order valence-electron chi connectivity index (χ4n) is 2.80. The van der Waals surface area contributed by atoms with E-state index in [2.05, 4.69) is 15.3 Å². The molecule has 0 saturated heterocycles. The zero-order valence-electron chi connectivity index (χ0n) is 14.9. The molecule has 0 aliphatic heterocycles. The smallest absolute Gasteiger partial charge is 0.408 e. The third-order valence-corrected chi connectivity index (χ3v) is 3.97. The molecule has 1 atom stereocenters. The molecule has 0 aliphatic carbocycles. The Labute approximate surface area is 142 Å². The largest absolute Gasteiger partial charge is 0.465 e. The Kier molecular flexibility index (Phi) is 5.26. The van der Waals surface area contributed by atoms with E-state index in [1.165, 1.54) is 4.90 Å². The average molecular weight is 330 g/mol. The molecule has 6 nitrogen and oxygen atoms in total. The summed E-state index contributed by atoms with van der Waals surface area (Å²) in [5.74, 6) is 0.819. The predicted octanol–water partition coefficient (Wildman–Crippen LogP) is 3.84. The first-order valence-corrected chi connectivity index (χ1v) is 8.18. The van der Waals surface area contributed by atoms with Crippen LogP contribution in [0.1, 0.15) is 34.6 Å². The zero-order valence-corrected chi connectivity index (χ0v) is 14.9. The van der Waals surface area contributed by atoms with Gasteiger partial charge in [-0.1, -0.05) is 26.0 Å². The lowest BCUT2D eigenvalue weighted by molar-refractivity contribution is 0.0586. The summed E-state index contributed by atoms with van der Waals surface area (Å²) in [5.41, 5.74) is 1.18. The van der Waals surface area contributed by atoms with Gasteiger partial charge in [0.1, 0.15) is 5.82 Å². The summed E-state index contributed by atoms with van der Waals surface area (Å²) in [6, 6.07) is 7.49. The van der Waals surface area contributed by atoms with Crippen molar-refractivity contribution in [1.82, 2.24) is 14.9 Å². The van der Waals surface area contributed by atoms with Gasteiger partial charge in [-0.3, -0.25) is 9.88 Å². The van der Waals surface area contributed by atoms with Crippen LogP contribution < -0.4 is 5.32 Å². The number of rotatable bonds is 5. The molecule has 0 radical (unpaired) electrons. The molecule has 0 aliphatic rings. The van der Waals surface area contributed by atoms with Gasteiger partial charge in [-0.25, -0.2) is 9.78 Å². The number of nitrogens with one attached hydrogen (secondary N) is 1. The first kappa shape index (κ1) is 18.0. The molecule has 1 heterocycles. The summed E-state index contributed by atoms with van der Waals surface area (Å²) in [6.07, 6.45) is 0.773. The Morgan fingerprint density at radius 1 is 1.25 bits per heavy atom. The summed E-state index contributed by atoms with van der Waals surface area (Å²) in [7, 11) is 0. The summed E-state index contributed by atoms with van der Waals surface area (Å²) < 4.78 is 0. The maximum absolute atomic E-state index is 11.7. The highest BCUT2D eigenvalue weighted by Crippen LogP contribution is 2.23. The van der Waals surface area contributed by atoms with E-state index in [1.54, 1.807) is 6.20 Å². The van der Waals surface area contributed by atoms with Gasteiger partial charge in [-0.15, -0.1) is 0 Å². The van der Waals surface area contributed by atoms with Crippen LogP contribution >= 0.6 is 0 Å². The van der Waals surface area contributed by atoms with Gasteiger partial charge in [-0.2, -0.15) is 0 Å². The minimum absolute atomic E-state index is 0.168. The average Bonchev–Trinajstić information content (AvgIpc) is 2.49. The molecule has 6 heteroatoms. The number of para-hydroxylation sites is 2. The van der Waals surface area contributed by atoms with Crippen LogP contribution in [0.4, 0.5) is 10.6 Å². The number of carboxylic acid groups (broad SMARTS) is 1. The van der Waals surface area contributed by atoms with Crippen LogP contribution in [0.5, 0.6) is 0 Å². The van der Waals surface area contributed by atoms with Crippen LogP contribution in [0.25, 0.3) is 11.0 Å². The van der Waals surface area contributed by atoms with E-state index in [-0.39, 0.29) is 12.0 Å². The molecule has 1 aromatic carbocycles. The maximum Gasteiger partial charge on any atom is 0.408 e. The number of anilines is 1. The highest BCUT2D eigenvalue weighted by atomic mass is 16.4. The van der Waals surface area contributed by atoms with Crippen molar-refractivity contribution in [3.63, 3.8) is 0 Å². The molecule has 1 amide bonds. The fourth-order valence-corrected chi connectivity index (χ4v) is 2.80. The standard InChI is InChI=1S/C18H26N4O2/c1-12(2)15(22(17(23)24)18(3,4)5)10-20-16-11-19-13-8-6-7-9-14(13)21-16/h6-9,11-12,15H,10H2,1-5H3,(H,20,21)(H,23,24). The molecule has 24 heavy (non-hydrogen) atoms. The monoisotopic (exact) mass is 330 g/mol. The molecule has 2 rings (SSSR count). The van der Waals surface area contributed by atoms with E-state index in [9.17, 15) is 9.90 Å². The Morgan fingerprint density at radius 2 is 1.88 bits per heavy atom. The van der Waals surface area contributed by atoms with Crippen molar-refractivity contribution < 1.29 is 9.90 Å². The van der Waals surface area contributed by atoms with E-state index in [4.69, 9.17) is 0 Å². The molecular weight excluding hydrogens is 304 g/mol. The molecule has 2 aromatic rings.